The van der Waals surface area contributed by atoms with Gasteiger partial charge in [-0.1, -0.05) is 0 Å². The van der Waals surface area contributed by atoms with Crippen LogP contribution in [0.25, 0.3) is 0 Å². The minimum atomic E-state index is -1.85. The highest BCUT2D eigenvalue weighted by Gasteiger charge is 2.27. The van der Waals surface area contributed by atoms with Gasteiger partial charge in [0.15, 0.2) is 0 Å². The molecular weight excluding hydrogens is 275 g/mol. The minimum absolute atomic E-state index is 0.895. The highest BCUT2D eigenvalue weighted by molar-refractivity contribution is 8.01. The third-order valence-corrected chi connectivity index (χ3v) is 9.21. The molecule has 0 aliphatic heterocycles. The third kappa shape index (κ3) is 7.56. The van der Waals surface area contributed by atoms with Crippen LogP contribution >= 0.6 is 33.9 Å². The second-order valence-electron chi connectivity index (χ2n) is 3.04. The lowest BCUT2D eigenvalue weighted by atomic mass is 10.6. The normalized spacial score (nSPS) is 12.4. The first-order valence-corrected chi connectivity index (χ1v) is 11.8. The van der Waals surface area contributed by atoms with Gasteiger partial charge in [-0.15, -0.1) is 22.2 Å². The van der Waals surface area contributed by atoms with E-state index in [1.54, 1.807) is 14.2 Å². The summed E-state index contributed by atoms with van der Waals surface area (Å²) in [5, 5.41) is 0.895. The van der Waals surface area contributed by atoms with Gasteiger partial charge < -0.3 is 8.85 Å². The molecule has 0 aromatic heterocycles. The van der Waals surface area contributed by atoms with Gasteiger partial charge in [-0.25, -0.2) is 0 Å². The molecule has 7 heteroatoms. The lowest BCUT2D eigenvalue weighted by Gasteiger charge is -2.22. The van der Waals surface area contributed by atoms with E-state index in [0.29, 0.717) is 0 Å². The zero-order valence-corrected chi connectivity index (χ0v) is 13.1. The van der Waals surface area contributed by atoms with Crippen molar-refractivity contribution in [3.05, 3.63) is 0 Å². The Kier molecular flexibility index (Phi) is 9.21. The van der Waals surface area contributed by atoms with Crippen LogP contribution in [0.3, 0.4) is 0 Å². The van der Waals surface area contributed by atoms with Crippen LogP contribution in [0.4, 0.5) is 0 Å². The Hall–Kier alpha value is 1.28. The van der Waals surface area contributed by atoms with Crippen LogP contribution in [0.5, 0.6) is 0 Å². The Morgan fingerprint density at radius 1 is 1.29 bits per heavy atom. The summed E-state index contributed by atoms with van der Waals surface area (Å²) in [6.45, 7) is 2.08. The van der Waals surface area contributed by atoms with E-state index in [4.69, 9.17) is 31.0 Å². The summed E-state index contributed by atoms with van der Waals surface area (Å²) < 4.78 is 10.8. The van der Waals surface area contributed by atoms with E-state index in [1.165, 1.54) is 0 Å². The average Bonchev–Trinajstić information content (AvgIpc) is 2.16. The van der Waals surface area contributed by atoms with Crippen LogP contribution in [-0.4, -0.2) is 41.3 Å². The molecule has 0 aromatic carbocycles. The van der Waals surface area contributed by atoms with Gasteiger partial charge in [-0.2, -0.15) is 11.8 Å². The molecule has 0 unspecified atom stereocenters. The summed E-state index contributed by atoms with van der Waals surface area (Å²) in [4.78, 5) is 0. The third-order valence-electron chi connectivity index (χ3n) is 1.99. The number of halogens is 2. The summed E-state index contributed by atoms with van der Waals surface area (Å²) >= 11 is 13.2. The Labute approximate surface area is 103 Å². The number of hydrogen-bond donors (Lipinski definition) is 0. The highest BCUT2D eigenvalue weighted by Crippen LogP contribution is 2.17. The van der Waals surface area contributed by atoms with E-state index in [9.17, 15) is 0 Å². The molecular formula is C7H17Cl2O2SSi2. The number of hydrogen-bond acceptors (Lipinski definition) is 3. The van der Waals surface area contributed by atoms with E-state index in [2.05, 4.69) is 6.55 Å². The molecule has 0 aliphatic carbocycles. The van der Waals surface area contributed by atoms with Gasteiger partial charge in [0.05, 0.1) is 0 Å². The Bertz CT molecular complexity index is 148. The SMILES string of the molecule is CO[Si](C)(CCCSC[Si](Cl)Cl)OC. The molecule has 0 atom stereocenters. The summed E-state index contributed by atoms with van der Waals surface area (Å²) in [6.07, 6.45) is 1.11. The lowest BCUT2D eigenvalue weighted by Crippen LogP contribution is -2.35. The quantitative estimate of drug-likeness (QED) is 0.389. The van der Waals surface area contributed by atoms with Gasteiger partial charge in [0.2, 0.25) is 0 Å². The van der Waals surface area contributed by atoms with E-state index in [0.717, 1.165) is 23.6 Å². The summed E-state index contributed by atoms with van der Waals surface area (Å²) in [5.74, 6) is 1.09. The van der Waals surface area contributed by atoms with Crippen LogP contribution in [0.2, 0.25) is 12.6 Å². The van der Waals surface area contributed by atoms with Crippen molar-refractivity contribution in [2.75, 3.05) is 25.3 Å². The topological polar surface area (TPSA) is 18.5 Å². The van der Waals surface area contributed by atoms with E-state index in [-0.39, 0.29) is 0 Å². The fraction of sp³-hybridized carbons (Fsp3) is 1.00. The molecule has 0 amide bonds. The standard InChI is InChI=1S/C7H17Cl2O2SSi2/c1-10-14(3,11-2)6-4-5-12-7-13(8)9/h4-7H2,1-3H3. The summed E-state index contributed by atoms with van der Waals surface area (Å²) in [6, 6.07) is 1.03. The van der Waals surface area contributed by atoms with E-state index >= 15 is 0 Å². The van der Waals surface area contributed by atoms with Gasteiger partial charge in [0, 0.05) is 19.6 Å². The van der Waals surface area contributed by atoms with Crippen molar-refractivity contribution in [2.24, 2.45) is 0 Å². The number of thioether (sulfide) groups is 1. The van der Waals surface area contributed by atoms with Gasteiger partial charge >= 0.3 is 8.56 Å². The molecule has 0 saturated carbocycles. The van der Waals surface area contributed by atoms with Crippen LogP contribution in [0, 0.1) is 0 Å². The largest absolute Gasteiger partial charge is 0.398 e. The Morgan fingerprint density at radius 3 is 2.29 bits per heavy atom. The molecule has 0 rings (SSSR count). The predicted molar refractivity (Wildman–Crippen MR) is 69.8 cm³/mol. The van der Waals surface area contributed by atoms with Gasteiger partial charge in [-0.3, -0.25) is 0 Å². The highest BCUT2D eigenvalue weighted by atomic mass is 35.7. The van der Waals surface area contributed by atoms with Crippen molar-refractivity contribution in [1.82, 2.24) is 0 Å². The molecule has 85 valence electrons. The van der Waals surface area contributed by atoms with Gasteiger partial charge in [0.1, 0.15) is 0 Å². The molecule has 14 heavy (non-hydrogen) atoms. The Morgan fingerprint density at radius 2 is 1.86 bits per heavy atom. The maximum Gasteiger partial charge on any atom is 0.334 e. The average molecular weight is 292 g/mol. The molecule has 2 nitrogen and oxygen atoms in total. The summed E-state index contributed by atoms with van der Waals surface area (Å²) in [7, 11) is 0.497. The van der Waals surface area contributed by atoms with Crippen LogP contribution < -0.4 is 0 Å². The molecule has 0 spiro atoms. The van der Waals surface area contributed by atoms with Crippen molar-refractivity contribution in [3.63, 3.8) is 0 Å². The first-order chi connectivity index (χ1) is 6.54. The zero-order valence-electron chi connectivity index (χ0n) is 8.81. The molecule has 0 bridgehead atoms. The second-order valence-corrected chi connectivity index (χ2v) is 12.6. The van der Waals surface area contributed by atoms with Crippen molar-refractivity contribution in [3.8, 4) is 0 Å². The molecule has 0 heterocycles. The molecule has 0 saturated heterocycles. The maximum atomic E-state index is 5.71. The van der Waals surface area contributed by atoms with Gasteiger partial charge in [0.25, 0.3) is 7.42 Å². The van der Waals surface area contributed by atoms with Crippen LogP contribution in [-0.2, 0) is 8.85 Å². The summed E-state index contributed by atoms with van der Waals surface area (Å²) in [5.41, 5.74) is 0. The minimum Gasteiger partial charge on any atom is -0.398 e. The first-order valence-electron chi connectivity index (χ1n) is 4.39. The fourth-order valence-electron chi connectivity index (χ4n) is 0.932. The fourth-order valence-corrected chi connectivity index (χ4v) is 5.51. The second kappa shape index (κ2) is 8.44. The maximum absolute atomic E-state index is 5.71. The number of rotatable bonds is 8. The predicted octanol–water partition coefficient (Wildman–Crippen LogP) is 2.98. The molecule has 0 aliphatic rings. The van der Waals surface area contributed by atoms with Crippen molar-refractivity contribution in [1.29, 1.82) is 0 Å². The zero-order chi connectivity index (χ0) is 11.0. The molecule has 0 N–H and O–H groups in total. The first kappa shape index (κ1) is 15.3. The van der Waals surface area contributed by atoms with Crippen molar-refractivity contribution < 1.29 is 8.85 Å². The van der Waals surface area contributed by atoms with Crippen LogP contribution in [0.1, 0.15) is 6.42 Å². The molecule has 0 aromatic rings. The van der Waals surface area contributed by atoms with E-state index < -0.39 is 16.0 Å². The molecule has 1 radical (unpaired) electrons. The lowest BCUT2D eigenvalue weighted by molar-refractivity contribution is 0.249. The monoisotopic (exact) mass is 291 g/mol. The van der Waals surface area contributed by atoms with Crippen molar-refractivity contribution in [2.45, 2.75) is 19.0 Å². The van der Waals surface area contributed by atoms with Crippen molar-refractivity contribution >= 4 is 49.9 Å². The Balaban J connectivity index is 3.43. The van der Waals surface area contributed by atoms with Gasteiger partial charge in [-0.05, 0) is 24.8 Å². The van der Waals surface area contributed by atoms with Crippen LogP contribution in [0.15, 0.2) is 0 Å². The molecule has 0 fully saturated rings. The smallest absolute Gasteiger partial charge is 0.334 e. The van der Waals surface area contributed by atoms with E-state index in [1.807, 2.05) is 11.8 Å².